The number of sulfonamides is 1. The molecule has 8 heteroatoms. The number of nitrogens with zero attached hydrogens (tertiary/aromatic N) is 1. The van der Waals surface area contributed by atoms with Crippen LogP contribution in [0.5, 0.6) is 0 Å². The molecule has 3 rings (SSSR count). The van der Waals surface area contributed by atoms with Crippen molar-refractivity contribution < 1.29 is 18.0 Å². The topological polar surface area (TPSA) is 110 Å². The summed E-state index contributed by atoms with van der Waals surface area (Å²) < 4.78 is 24.9. The summed E-state index contributed by atoms with van der Waals surface area (Å²) in [5, 5.41) is 2.78. The largest absolute Gasteiger partial charge is 0.369 e. The van der Waals surface area contributed by atoms with Gasteiger partial charge >= 0.3 is 0 Å². The third-order valence-corrected chi connectivity index (χ3v) is 5.37. The standard InChI is InChI=1S/C18H19N3O4S/c1-26(24,25)21-9-8-13-11-14(4-7-16(13)21)18(23)20-15-5-2-12(3-6-15)10-17(19)22/h2-7,11H,8-10H2,1H3,(H2,19,22)(H,20,23). The zero-order chi connectivity index (χ0) is 18.9. The number of rotatable bonds is 5. The molecule has 1 heterocycles. The molecule has 136 valence electrons. The number of amides is 2. The van der Waals surface area contributed by atoms with E-state index in [0.717, 1.165) is 11.1 Å². The van der Waals surface area contributed by atoms with Gasteiger partial charge in [-0.1, -0.05) is 12.1 Å². The average Bonchev–Trinajstić information content (AvgIpc) is 2.99. The normalized spacial score (nSPS) is 13.3. The smallest absolute Gasteiger partial charge is 0.255 e. The van der Waals surface area contributed by atoms with Gasteiger partial charge in [-0.15, -0.1) is 0 Å². The van der Waals surface area contributed by atoms with Crippen molar-refractivity contribution in [3.05, 3.63) is 59.2 Å². The number of hydrogen-bond acceptors (Lipinski definition) is 4. The Labute approximate surface area is 151 Å². The molecule has 2 amide bonds. The molecule has 7 nitrogen and oxygen atoms in total. The highest BCUT2D eigenvalue weighted by atomic mass is 32.2. The summed E-state index contributed by atoms with van der Waals surface area (Å²) in [5.41, 5.74) is 8.44. The van der Waals surface area contributed by atoms with Crippen LogP contribution in [-0.4, -0.2) is 33.0 Å². The first-order valence-electron chi connectivity index (χ1n) is 8.03. The first-order valence-corrected chi connectivity index (χ1v) is 9.88. The molecule has 2 aromatic carbocycles. The van der Waals surface area contributed by atoms with Crippen molar-refractivity contribution >= 4 is 33.2 Å². The monoisotopic (exact) mass is 373 g/mol. The van der Waals surface area contributed by atoms with Crippen LogP contribution in [0.2, 0.25) is 0 Å². The van der Waals surface area contributed by atoms with E-state index in [2.05, 4.69) is 5.32 Å². The molecule has 0 bridgehead atoms. The molecule has 0 spiro atoms. The SMILES string of the molecule is CS(=O)(=O)N1CCc2cc(C(=O)Nc3ccc(CC(N)=O)cc3)ccc21. The third-order valence-electron chi connectivity index (χ3n) is 4.19. The molecule has 0 saturated heterocycles. The maximum Gasteiger partial charge on any atom is 0.255 e. The highest BCUT2D eigenvalue weighted by molar-refractivity contribution is 7.92. The van der Waals surface area contributed by atoms with Crippen molar-refractivity contribution in [3.63, 3.8) is 0 Å². The number of nitrogens with one attached hydrogen (secondary N) is 1. The number of carbonyl (C=O) groups is 2. The molecule has 0 fully saturated rings. The second-order valence-electron chi connectivity index (χ2n) is 6.22. The minimum atomic E-state index is -3.31. The number of primary amides is 1. The minimum Gasteiger partial charge on any atom is -0.369 e. The van der Waals surface area contributed by atoms with Gasteiger partial charge in [0.05, 0.1) is 18.4 Å². The Morgan fingerprint density at radius 2 is 1.85 bits per heavy atom. The van der Waals surface area contributed by atoms with Crippen LogP contribution >= 0.6 is 0 Å². The Balaban J connectivity index is 1.74. The van der Waals surface area contributed by atoms with Crippen LogP contribution in [0.15, 0.2) is 42.5 Å². The Hall–Kier alpha value is -2.87. The Morgan fingerprint density at radius 1 is 1.15 bits per heavy atom. The summed E-state index contributed by atoms with van der Waals surface area (Å²) in [6.07, 6.45) is 1.89. The van der Waals surface area contributed by atoms with Gasteiger partial charge in [0, 0.05) is 17.8 Å². The molecule has 3 N–H and O–H groups in total. The molecular formula is C18H19N3O4S. The van der Waals surface area contributed by atoms with Crippen LogP contribution in [0.4, 0.5) is 11.4 Å². The van der Waals surface area contributed by atoms with E-state index in [1.54, 1.807) is 42.5 Å². The van der Waals surface area contributed by atoms with E-state index >= 15 is 0 Å². The molecule has 2 aromatic rings. The van der Waals surface area contributed by atoms with Gasteiger partial charge in [0.1, 0.15) is 0 Å². The van der Waals surface area contributed by atoms with E-state index in [1.807, 2.05) is 0 Å². The lowest BCUT2D eigenvalue weighted by Crippen LogP contribution is -2.27. The van der Waals surface area contributed by atoms with Crippen molar-refractivity contribution in [2.45, 2.75) is 12.8 Å². The lowest BCUT2D eigenvalue weighted by Gasteiger charge is -2.16. The number of fused-ring (bicyclic) bond motifs is 1. The Morgan fingerprint density at radius 3 is 2.46 bits per heavy atom. The second kappa shape index (κ2) is 6.80. The molecule has 0 radical (unpaired) electrons. The molecular weight excluding hydrogens is 354 g/mol. The highest BCUT2D eigenvalue weighted by Crippen LogP contribution is 2.30. The minimum absolute atomic E-state index is 0.149. The lowest BCUT2D eigenvalue weighted by atomic mass is 10.1. The van der Waals surface area contributed by atoms with Gasteiger partial charge in [-0.2, -0.15) is 0 Å². The zero-order valence-electron chi connectivity index (χ0n) is 14.2. The van der Waals surface area contributed by atoms with E-state index in [-0.39, 0.29) is 12.3 Å². The molecule has 0 aliphatic carbocycles. The van der Waals surface area contributed by atoms with Gasteiger partial charge in [0.2, 0.25) is 15.9 Å². The fourth-order valence-electron chi connectivity index (χ4n) is 2.97. The van der Waals surface area contributed by atoms with E-state index in [4.69, 9.17) is 5.73 Å². The summed E-state index contributed by atoms with van der Waals surface area (Å²) in [4.78, 5) is 23.3. The zero-order valence-corrected chi connectivity index (χ0v) is 15.0. The van der Waals surface area contributed by atoms with Crippen LogP contribution in [-0.2, 0) is 27.7 Å². The maximum atomic E-state index is 12.4. The van der Waals surface area contributed by atoms with E-state index in [9.17, 15) is 18.0 Å². The van der Waals surface area contributed by atoms with Crippen LogP contribution < -0.4 is 15.4 Å². The van der Waals surface area contributed by atoms with E-state index in [0.29, 0.717) is 29.9 Å². The lowest BCUT2D eigenvalue weighted by molar-refractivity contribution is -0.117. The summed E-state index contributed by atoms with van der Waals surface area (Å²) in [6.45, 7) is 0.389. The molecule has 0 saturated carbocycles. The van der Waals surface area contributed by atoms with Crippen LogP contribution in [0.1, 0.15) is 21.5 Å². The molecule has 0 aromatic heterocycles. The van der Waals surface area contributed by atoms with Crippen LogP contribution in [0.3, 0.4) is 0 Å². The number of benzene rings is 2. The molecule has 1 aliphatic heterocycles. The van der Waals surface area contributed by atoms with Gasteiger partial charge in [-0.05, 0) is 47.9 Å². The summed E-state index contributed by atoms with van der Waals surface area (Å²) in [6, 6.07) is 11.9. The average molecular weight is 373 g/mol. The van der Waals surface area contributed by atoms with Gasteiger partial charge in [0.25, 0.3) is 5.91 Å². The Bertz CT molecular complexity index is 968. The first kappa shape index (κ1) is 17.9. The summed E-state index contributed by atoms with van der Waals surface area (Å²) in [5.74, 6) is -0.698. The summed E-state index contributed by atoms with van der Waals surface area (Å²) >= 11 is 0. The van der Waals surface area contributed by atoms with Gasteiger partial charge in [-0.25, -0.2) is 8.42 Å². The number of anilines is 2. The third kappa shape index (κ3) is 3.85. The van der Waals surface area contributed by atoms with E-state index in [1.165, 1.54) is 10.6 Å². The quantitative estimate of drug-likeness (QED) is 0.823. The summed E-state index contributed by atoms with van der Waals surface area (Å²) in [7, 11) is -3.31. The van der Waals surface area contributed by atoms with Crippen molar-refractivity contribution in [2.24, 2.45) is 5.73 Å². The van der Waals surface area contributed by atoms with Crippen molar-refractivity contribution in [2.75, 3.05) is 22.4 Å². The number of nitrogens with two attached hydrogens (primary N) is 1. The molecule has 0 atom stereocenters. The second-order valence-corrected chi connectivity index (χ2v) is 8.13. The predicted octanol–water partition coefficient (Wildman–Crippen LogP) is 1.29. The first-order chi connectivity index (χ1) is 12.2. The molecule has 0 unspecified atom stereocenters. The number of hydrogen-bond donors (Lipinski definition) is 2. The van der Waals surface area contributed by atoms with Gasteiger partial charge in [-0.3, -0.25) is 13.9 Å². The van der Waals surface area contributed by atoms with Crippen molar-refractivity contribution in [1.82, 2.24) is 0 Å². The predicted molar refractivity (Wildman–Crippen MR) is 99.6 cm³/mol. The van der Waals surface area contributed by atoms with Gasteiger partial charge < -0.3 is 11.1 Å². The maximum absolute atomic E-state index is 12.4. The van der Waals surface area contributed by atoms with Crippen molar-refractivity contribution in [3.8, 4) is 0 Å². The van der Waals surface area contributed by atoms with Crippen LogP contribution in [0.25, 0.3) is 0 Å². The fraction of sp³-hybridized carbons (Fsp3) is 0.222. The fourth-order valence-corrected chi connectivity index (χ4v) is 3.93. The Kier molecular flexibility index (Phi) is 4.69. The highest BCUT2D eigenvalue weighted by Gasteiger charge is 2.26. The van der Waals surface area contributed by atoms with Crippen LogP contribution in [0, 0.1) is 0 Å². The van der Waals surface area contributed by atoms with E-state index < -0.39 is 15.9 Å². The molecule has 26 heavy (non-hydrogen) atoms. The van der Waals surface area contributed by atoms with Gasteiger partial charge in [0.15, 0.2) is 0 Å². The van der Waals surface area contributed by atoms with Crippen molar-refractivity contribution in [1.29, 1.82) is 0 Å². The number of carbonyl (C=O) groups excluding carboxylic acids is 2. The molecule has 1 aliphatic rings.